The maximum absolute atomic E-state index is 8.98. The van der Waals surface area contributed by atoms with Gasteiger partial charge in [0.05, 0.1) is 13.2 Å². The molecule has 1 unspecified atom stereocenters. The number of hydrogen-bond acceptors (Lipinski definition) is 2. The van der Waals surface area contributed by atoms with Gasteiger partial charge in [0.25, 0.3) is 0 Å². The molecule has 0 spiro atoms. The molecule has 0 aliphatic heterocycles. The molecular weight excluding hydrogens is 164 g/mol. The number of rotatable bonds is 7. The maximum atomic E-state index is 8.98. The second-order valence-electron chi connectivity index (χ2n) is 4.73. The molecule has 0 aromatic heterocycles. The molecule has 0 fully saturated rings. The van der Waals surface area contributed by atoms with Crippen molar-refractivity contribution in [3.63, 3.8) is 0 Å². The van der Waals surface area contributed by atoms with Crippen molar-refractivity contribution < 1.29 is 9.84 Å². The van der Waals surface area contributed by atoms with Crippen molar-refractivity contribution >= 4 is 0 Å². The van der Waals surface area contributed by atoms with E-state index in [0.29, 0.717) is 12.5 Å². The Bertz CT molecular complexity index is 121. The van der Waals surface area contributed by atoms with E-state index in [1.165, 1.54) is 12.8 Å². The predicted octanol–water partition coefficient (Wildman–Crippen LogP) is 2.46. The van der Waals surface area contributed by atoms with Gasteiger partial charge in [-0.05, 0) is 12.3 Å². The molecule has 0 bridgehead atoms. The fourth-order valence-electron chi connectivity index (χ4n) is 1.16. The molecule has 2 nitrogen and oxygen atoms in total. The minimum Gasteiger partial charge on any atom is -0.396 e. The Morgan fingerprint density at radius 3 is 2.46 bits per heavy atom. The summed E-state index contributed by atoms with van der Waals surface area (Å²) in [4.78, 5) is 0. The van der Waals surface area contributed by atoms with E-state index in [2.05, 4.69) is 13.8 Å². The summed E-state index contributed by atoms with van der Waals surface area (Å²) in [5.41, 5.74) is -0.0913. The molecule has 0 rings (SSSR count). The second kappa shape index (κ2) is 6.39. The maximum Gasteiger partial charge on any atom is 0.0539 e. The van der Waals surface area contributed by atoms with Crippen molar-refractivity contribution in [2.24, 2.45) is 11.3 Å². The lowest BCUT2D eigenvalue weighted by atomic mass is 9.96. The summed E-state index contributed by atoms with van der Waals surface area (Å²) in [6.07, 6.45) is 2.44. The van der Waals surface area contributed by atoms with E-state index in [0.717, 1.165) is 6.61 Å². The first-order valence-corrected chi connectivity index (χ1v) is 5.20. The van der Waals surface area contributed by atoms with Gasteiger partial charge >= 0.3 is 0 Å². The Balaban J connectivity index is 3.44. The van der Waals surface area contributed by atoms with Crippen molar-refractivity contribution in [1.82, 2.24) is 0 Å². The first-order chi connectivity index (χ1) is 6.02. The highest BCUT2D eigenvalue weighted by atomic mass is 16.5. The normalized spacial score (nSPS) is 14.5. The fraction of sp³-hybridized carbons (Fsp3) is 1.00. The largest absolute Gasteiger partial charge is 0.396 e. The molecule has 0 aliphatic rings. The third-order valence-electron chi connectivity index (χ3n) is 2.10. The lowest BCUT2D eigenvalue weighted by molar-refractivity contribution is 0.0140. The molecule has 13 heavy (non-hydrogen) atoms. The summed E-state index contributed by atoms with van der Waals surface area (Å²) < 4.78 is 5.54. The van der Waals surface area contributed by atoms with Crippen LogP contribution in [0.2, 0.25) is 0 Å². The summed E-state index contributed by atoms with van der Waals surface area (Å²) >= 11 is 0. The van der Waals surface area contributed by atoms with E-state index in [-0.39, 0.29) is 12.0 Å². The minimum absolute atomic E-state index is 0.0913. The fourth-order valence-corrected chi connectivity index (χ4v) is 1.16. The van der Waals surface area contributed by atoms with E-state index in [9.17, 15) is 0 Å². The van der Waals surface area contributed by atoms with Crippen LogP contribution < -0.4 is 0 Å². The van der Waals surface area contributed by atoms with Gasteiger partial charge in [0.2, 0.25) is 0 Å². The van der Waals surface area contributed by atoms with Crippen LogP contribution in [0, 0.1) is 11.3 Å². The van der Waals surface area contributed by atoms with Crippen molar-refractivity contribution in [2.75, 3.05) is 19.8 Å². The molecule has 0 aliphatic carbocycles. The number of ether oxygens (including phenoxy) is 1. The SMILES string of the molecule is CCCC(C)COCC(C)(C)CO. The number of aliphatic hydroxyl groups excluding tert-OH is 1. The molecule has 0 amide bonds. The van der Waals surface area contributed by atoms with Gasteiger partial charge in [-0.3, -0.25) is 0 Å². The van der Waals surface area contributed by atoms with E-state index in [1.807, 2.05) is 13.8 Å². The van der Waals surface area contributed by atoms with Crippen LogP contribution in [0.1, 0.15) is 40.5 Å². The zero-order valence-electron chi connectivity index (χ0n) is 9.47. The quantitative estimate of drug-likeness (QED) is 0.665. The van der Waals surface area contributed by atoms with Crippen molar-refractivity contribution in [3.05, 3.63) is 0 Å². The van der Waals surface area contributed by atoms with Gasteiger partial charge in [-0.2, -0.15) is 0 Å². The molecule has 1 atom stereocenters. The Morgan fingerprint density at radius 1 is 1.38 bits per heavy atom. The molecule has 2 heteroatoms. The van der Waals surface area contributed by atoms with Gasteiger partial charge in [0, 0.05) is 12.0 Å². The molecule has 0 saturated carbocycles. The Kier molecular flexibility index (Phi) is 6.35. The van der Waals surface area contributed by atoms with Gasteiger partial charge in [0.1, 0.15) is 0 Å². The minimum atomic E-state index is -0.0913. The summed E-state index contributed by atoms with van der Waals surface area (Å²) in [6.45, 7) is 10.1. The van der Waals surface area contributed by atoms with Crippen LogP contribution in [0.5, 0.6) is 0 Å². The van der Waals surface area contributed by atoms with Crippen LogP contribution in [0.25, 0.3) is 0 Å². The van der Waals surface area contributed by atoms with Crippen molar-refractivity contribution in [1.29, 1.82) is 0 Å². The molecule has 0 aromatic carbocycles. The van der Waals surface area contributed by atoms with Gasteiger partial charge in [-0.1, -0.05) is 34.1 Å². The van der Waals surface area contributed by atoms with Crippen LogP contribution in [0.4, 0.5) is 0 Å². The number of hydrogen-bond donors (Lipinski definition) is 1. The highest BCUT2D eigenvalue weighted by Gasteiger charge is 2.16. The predicted molar refractivity (Wildman–Crippen MR) is 55.8 cm³/mol. The smallest absolute Gasteiger partial charge is 0.0539 e. The topological polar surface area (TPSA) is 29.5 Å². The van der Waals surface area contributed by atoms with Crippen LogP contribution in [0.3, 0.4) is 0 Å². The Morgan fingerprint density at radius 2 is 2.00 bits per heavy atom. The van der Waals surface area contributed by atoms with Gasteiger partial charge in [0.15, 0.2) is 0 Å². The molecule has 0 radical (unpaired) electrons. The Labute approximate surface area is 82.3 Å². The first-order valence-electron chi connectivity index (χ1n) is 5.20. The second-order valence-corrected chi connectivity index (χ2v) is 4.73. The first kappa shape index (κ1) is 12.9. The van der Waals surface area contributed by atoms with E-state index >= 15 is 0 Å². The molecule has 0 heterocycles. The summed E-state index contributed by atoms with van der Waals surface area (Å²) in [7, 11) is 0. The van der Waals surface area contributed by atoms with Gasteiger partial charge in [-0.15, -0.1) is 0 Å². The highest BCUT2D eigenvalue weighted by molar-refractivity contribution is 4.65. The summed E-state index contributed by atoms with van der Waals surface area (Å²) in [5, 5.41) is 8.98. The monoisotopic (exact) mass is 188 g/mol. The van der Waals surface area contributed by atoms with E-state index in [4.69, 9.17) is 9.84 Å². The molecular formula is C11H24O2. The standard InChI is InChI=1S/C11H24O2/c1-5-6-10(2)7-13-9-11(3,4)8-12/h10,12H,5-9H2,1-4H3. The molecule has 0 aromatic rings. The van der Waals surface area contributed by atoms with E-state index < -0.39 is 0 Å². The lowest BCUT2D eigenvalue weighted by Gasteiger charge is -2.22. The zero-order valence-corrected chi connectivity index (χ0v) is 9.47. The van der Waals surface area contributed by atoms with Gasteiger partial charge < -0.3 is 9.84 Å². The Hall–Kier alpha value is -0.0800. The van der Waals surface area contributed by atoms with Crippen molar-refractivity contribution in [3.8, 4) is 0 Å². The lowest BCUT2D eigenvalue weighted by Crippen LogP contribution is -2.24. The third-order valence-corrected chi connectivity index (χ3v) is 2.10. The number of aliphatic hydroxyl groups is 1. The third kappa shape index (κ3) is 7.03. The zero-order chi connectivity index (χ0) is 10.3. The van der Waals surface area contributed by atoms with Crippen molar-refractivity contribution in [2.45, 2.75) is 40.5 Å². The highest BCUT2D eigenvalue weighted by Crippen LogP contribution is 2.15. The average Bonchev–Trinajstić information content (AvgIpc) is 2.05. The van der Waals surface area contributed by atoms with Crippen LogP contribution in [-0.4, -0.2) is 24.9 Å². The molecule has 80 valence electrons. The van der Waals surface area contributed by atoms with Crippen LogP contribution >= 0.6 is 0 Å². The average molecular weight is 188 g/mol. The van der Waals surface area contributed by atoms with Crippen LogP contribution in [0.15, 0.2) is 0 Å². The van der Waals surface area contributed by atoms with E-state index in [1.54, 1.807) is 0 Å². The van der Waals surface area contributed by atoms with Gasteiger partial charge in [-0.25, -0.2) is 0 Å². The molecule has 1 N–H and O–H groups in total. The summed E-state index contributed by atoms with van der Waals surface area (Å²) in [6, 6.07) is 0. The summed E-state index contributed by atoms with van der Waals surface area (Å²) in [5.74, 6) is 0.638. The molecule has 0 saturated heterocycles. The van der Waals surface area contributed by atoms with Crippen LogP contribution in [-0.2, 0) is 4.74 Å².